The third-order valence-electron chi connectivity index (χ3n) is 4.59. The lowest BCUT2D eigenvalue weighted by Gasteiger charge is -2.05. The number of aliphatic carboxylic acids is 1. The number of unbranched alkanes of at least 4 members (excludes halogenated alkanes) is 13. The summed E-state index contributed by atoms with van der Waals surface area (Å²) >= 11 is 0. The number of hydrogen-bond donors (Lipinski definition) is 5. The van der Waals surface area contributed by atoms with Gasteiger partial charge in [-0.3, -0.25) is 5.26 Å². The van der Waals surface area contributed by atoms with Gasteiger partial charge in [0, 0.05) is 0 Å². The molecule has 5 N–H and O–H groups in total. The first kappa shape index (κ1) is 29.5. The Morgan fingerprint density at radius 2 is 1.18 bits per heavy atom. The molecule has 0 heterocycles. The molecule has 0 aliphatic carbocycles. The molecule has 0 rings (SSSR count). The zero-order chi connectivity index (χ0) is 21.5. The van der Waals surface area contributed by atoms with Crippen molar-refractivity contribution in [3.63, 3.8) is 0 Å². The lowest BCUT2D eigenvalue weighted by atomic mass is 10.0. The average Bonchev–Trinajstić information content (AvgIpc) is 2.68. The number of aliphatic hydroxyl groups is 3. The SMILES string of the molecule is CCCCCCCCCCCCCCCCC(O)C(=O)O.OCC(O)COO. The first-order valence-corrected chi connectivity index (χ1v) is 11.0. The predicted octanol–water partition coefficient (Wildman–Crippen LogP) is 4.13. The van der Waals surface area contributed by atoms with Crippen molar-refractivity contribution >= 4 is 5.97 Å². The topological polar surface area (TPSA) is 127 Å². The first-order chi connectivity index (χ1) is 13.5. The Hall–Kier alpha value is -0.730. The van der Waals surface area contributed by atoms with Crippen LogP contribution in [0.1, 0.15) is 103 Å². The minimum Gasteiger partial charge on any atom is -0.479 e. The van der Waals surface area contributed by atoms with Crippen LogP contribution in [0.2, 0.25) is 0 Å². The minimum absolute atomic E-state index is 0.240. The van der Waals surface area contributed by atoms with E-state index in [1.165, 1.54) is 77.0 Å². The molecule has 0 amide bonds. The quantitative estimate of drug-likeness (QED) is 0.123. The molecule has 0 aromatic rings. The molecule has 0 saturated heterocycles. The summed E-state index contributed by atoms with van der Waals surface area (Å²) in [6, 6.07) is 0. The van der Waals surface area contributed by atoms with Gasteiger partial charge in [-0.15, -0.1) is 0 Å². The molecular weight excluding hydrogens is 364 g/mol. The average molecular weight is 409 g/mol. The van der Waals surface area contributed by atoms with E-state index in [1.54, 1.807) is 0 Å². The van der Waals surface area contributed by atoms with E-state index in [9.17, 15) is 4.79 Å². The van der Waals surface area contributed by atoms with Crippen LogP contribution in [0.5, 0.6) is 0 Å². The van der Waals surface area contributed by atoms with E-state index in [4.69, 9.17) is 25.7 Å². The number of carboxylic acid groups (broad SMARTS) is 1. The predicted molar refractivity (Wildman–Crippen MR) is 110 cm³/mol. The fraction of sp³-hybridized carbons (Fsp3) is 0.952. The highest BCUT2D eigenvalue weighted by Crippen LogP contribution is 2.13. The monoisotopic (exact) mass is 408 g/mol. The van der Waals surface area contributed by atoms with Gasteiger partial charge in [-0.25, -0.2) is 9.68 Å². The molecule has 0 radical (unpaired) electrons. The van der Waals surface area contributed by atoms with Crippen LogP contribution < -0.4 is 0 Å². The molecule has 0 aromatic heterocycles. The molecule has 0 aliphatic rings. The summed E-state index contributed by atoms with van der Waals surface area (Å²) in [5.41, 5.74) is 0. The largest absolute Gasteiger partial charge is 0.479 e. The molecular formula is C21H44O7. The van der Waals surface area contributed by atoms with Crippen LogP contribution in [0.15, 0.2) is 0 Å². The summed E-state index contributed by atoms with van der Waals surface area (Å²) < 4.78 is 0. The van der Waals surface area contributed by atoms with Crippen LogP contribution in [0.3, 0.4) is 0 Å². The van der Waals surface area contributed by atoms with E-state index in [0.717, 1.165) is 12.8 Å². The molecule has 2 unspecified atom stereocenters. The number of carboxylic acids is 1. The summed E-state index contributed by atoms with van der Waals surface area (Å²) in [4.78, 5) is 13.9. The molecule has 170 valence electrons. The van der Waals surface area contributed by atoms with Gasteiger partial charge in [0.2, 0.25) is 0 Å². The Morgan fingerprint density at radius 3 is 1.46 bits per heavy atom. The van der Waals surface area contributed by atoms with Gasteiger partial charge in [-0.05, 0) is 6.42 Å². The molecule has 7 heteroatoms. The zero-order valence-electron chi connectivity index (χ0n) is 17.7. The second-order valence-corrected chi connectivity index (χ2v) is 7.37. The van der Waals surface area contributed by atoms with Gasteiger partial charge < -0.3 is 20.4 Å². The van der Waals surface area contributed by atoms with Crippen molar-refractivity contribution in [3.05, 3.63) is 0 Å². The van der Waals surface area contributed by atoms with Crippen molar-refractivity contribution in [2.45, 2.75) is 115 Å². The van der Waals surface area contributed by atoms with Gasteiger partial charge in [0.1, 0.15) is 12.7 Å². The van der Waals surface area contributed by atoms with Crippen molar-refractivity contribution in [3.8, 4) is 0 Å². The Balaban J connectivity index is 0. The van der Waals surface area contributed by atoms with Crippen LogP contribution in [-0.2, 0) is 9.68 Å². The lowest BCUT2D eigenvalue weighted by Crippen LogP contribution is -2.18. The zero-order valence-corrected chi connectivity index (χ0v) is 17.7. The first-order valence-electron chi connectivity index (χ1n) is 11.0. The molecule has 0 aromatic carbocycles. The van der Waals surface area contributed by atoms with Gasteiger partial charge in [0.25, 0.3) is 0 Å². The van der Waals surface area contributed by atoms with Crippen LogP contribution in [-0.4, -0.2) is 57.1 Å². The second kappa shape index (κ2) is 24.3. The maximum absolute atomic E-state index is 10.4. The summed E-state index contributed by atoms with van der Waals surface area (Å²) in [7, 11) is 0. The van der Waals surface area contributed by atoms with E-state index in [-0.39, 0.29) is 13.2 Å². The van der Waals surface area contributed by atoms with Crippen molar-refractivity contribution in [2.24, 2.45) is 0 Å². The Bertz CT molecular complexity index is 313. The van der Waals surface area contributed by atoms with Crippen LogP contribution in [0, 0.1) is 0 Å². The summed E-state index contributed by atoms with van der Waals surface area (Å²) in [6.07, 6.45) is 16.3. The lowest BCUT2D eigenvalue weighted by molar-refractivity contribution is -0.258. The summed E-state index contributed by atoms with van der Waals surface area (Å²) in [6.45, 7) is 1.63. The molecule has 2 atom stereocenters. The maximum atomic E-state index is 10.4. The molecule has 0 fully saturated rings. The highest BCUT2D eigenvalue weighted by molar-refractivity contribution is 5.71. The van der Waals surface area contributed by atoms with Gasteiger partial charge in [0.15, 0.2) is 6.10 Å². The summed E-state index contributed by atoms with van der Waals surface area (Å²) in [5.74, 6) is -1.09. The number of aliphatic hydroxyl groups excluding tert-OH is 3. The molecule has 28 heavy (non-hydrogen) atoms. The van der Waals surface area contributed by atoms with Crippen molar-refractivity contribution < 1.29 is 35.4 Å². The standard InChI is InChI=1S/C18H36O3.C3H8O4/c1-2-3-4-5-6-7-8-9-10-11-12-13-14-15-16-17(19)18(20)21;4-1-3(5)2-7-6/h17,19H,2-16H2,1H3,(H,20,21);3-6H,1-2H2. The van der Waals surface area contributed by atoms with E-state index in [2.05, 4.69) is 11.8 Å². The molecule has 7 nitrogen and oxygen atoms in total. The molecule has 0 aliphatic heterocycles. The third kappa shape index (κ3) is 25.3. The fourth-order valence-corrected chi connectivity index (χ4v) is 2.79. The number of carbonyl (C=O) groups is 1. The van der Waals surface area contributed by atoms with Crippen LogP contribution in [0.25, 0.3) is 0 Å². The fourth-order valence-electron chi connectivity index (χ4n) is 2.79. The smallest absolute Gasteiger partial charge is 0.332 e. The third-order valence-corrected chi connectivity index (χ3v) is 4.59. The van der Waals surface area contributed by atoms with Crippen molar-refractivity contribution in [1.29, 1.82) is 0 Å². The number of hydrogen-bond acceptors (Lipinski definition) is 6. The highest BCUT2D eigenvalue weighted by Gasteiger charge is 2.11. The van der Waals surface area contributed by atoms with Crippen molar-refractivity contribution in [1.82, 2.24) is 0 Å². The normalized spacial score (nSPS) is 12.9. The summed E-state index contributed by atoms with van der Waals surface area (Å²) in [5, 5.41) is 41.6. The molecule has 0 bridgehead atoms. The Morgan fingerprint density at radius 1 is 0.786 bits per heavy atom. The Kier molecular flexibility index (Phi) is 25.6. The number of rotatable bonds is 19. The highest BCUT2D eigenvalue weighted by atomic mass is 17.1. The van der Waals surface area contributed by atoms with E-state index in [1.807, 2.05) is 0 Å². The second-order valence-electron chi connectivity index (χ2n) is 7.37. The van der Waals surface area contributed by atoms with E-state index >= 15 is 0 Å². The van der Waals surface area contributed by atoms with Gasteiger partial charge in [-0.2, -0.15) is 0 Å². The van der Waals surface area contributed by atoms with Crippen LogP contribution >= 0.6 is 0 Å². The van der Waals surface area contributed by atoms with E-state index in [0.29, 0.717) is 6.42 Å². The van der Waals surface area contributed by atoms with Gasteiger partial charge in [0.05, 0.1) is 6.61 Å². The van der Waals surface area contributed by atoms with Crippen LogP contribution in [0.4, 0.5) is 0 Å². The molecule has 0 saturated carbocycles. The van der Waals surface area contributed by atoms with Gasteiger partial charge >= 0.3 is 5.97 Å². The van der Waals surface area contributed by atoms with E-state index < -0.39 is 18.2 Å². The van der Waals surface area contributed by atoms with Gasteiger partial charge in [-0.1, -0.05) is 96.8 Å². The minimum atomic E-state index is -1.16. The van der Waals surface area contributed by atoms with Crippen molar-refractivity contribution in [2.75, 3.05) is 13.2 Å². The Labute approximate surface area is 170 Å². The molecule has 0 spiro atoms. The maximum Gasteiger partial charge on any atom is 0.332 e.